The molecule has 0 aromatic carbocycles. The zero-order valence-electron chi connectivity index (χ0n) is 13.2. The van der Waals surface area contributed by atoms with E-state index in [0.29, 0.717) is 17.4 Å². The van der Waals surface area contributed by atoms with Crippen LogP contribution < -0.4 is 5.73 Å². The van der Waals surface area contributed by atoms with Crippen molar-refractivity contribution in [1.29, 1.82) is 0 Å². The summed E-state index contributed by atoms with van der Waals surface area (Å²) in [6.45, 7) is 2.00. The predicted molar refractivity (Wildman–Crippen MR) is 83.6 cm³/mol. The number of carbonyl (C=O) groups excluding carboxylic acids is 1. The summed E-state index contributed by atoms with van der Waals surface area (Å²) in [5.74, 6) is 2.33. The molecule has 1 amide bonds. The Morgan fingerprint density at radius 1 is 1.05 bits per heavy atom. The monoisotopic (exact) mass is 290 g/mol. The van der Waals surface area contributed by atoms with Crippen molar-refractivity contribution in [3.05, 3.63) is 0 Å². The summed E-state index contributed by atoms with van der Waals surface area (Å²) in [7, 11) is 0. The van der Waals surface area contributed by atoms with E-state index in [1.54, 1.807) is 0 Å². The van der Waals surface area contributed by atoms with Gasteiger partial charge in [0.2, 0.25) is 5.91 Å². The number of amides is 1. The van der Waals surface area contributed by atoms with Crippen LogP contribution in [0.1, 0.15) is 64.2 Å². The standard InChI is InChI=1S/C18H30N2O/c19-16-13-6-7-15(11-13)18(16)8-4-5-14(12-18)17(21)20-9-2-1-3-10-20/h13-16H,1-12,19H2/t13?,14-,15-,16+,18+/m0/s1. The number of likely N-dealkylation sites (tertiary alicyclic amines) is 1. The largest absolute Gasteiger partial charge is 0.342 e. The molecule has 0 radical (unpaired) electrons. The number of nitrogens with two attached hydrogens (primary N) is 1. The smallest absolute Gasteiger partial charge is 0.225 e. The van der Waals surface area contributed by atoms with Gasteiger partial charge in [-0.1, -0.05) is 6.42 Å². The fourth-order valence-electron chi connectivity index (χ4n) is 6.20. The summed E-state index contributed by atoms with van der Waals surface area (Å²) in [6, 6.07) is 0.383. The highest BCUT2D eigenvalue weighted by Crippen LogP contribution is 2.61. The number of hydrogen-bond donors (Lipinski definition) is 1. The van der Waals surface area contributed by atoms with Crippen molar-refractivity contribution in [2.45, 2.75) is 70.3 Å². The van der Waals surface area contributed by atoms with Gasteiger partial charge in [0.25, 0.3) is 0 Å². The highest BCUT2D eigenvalue weighted by Gasteiger charge is 2.58. The fourth-order valence-corrected chi connectivity index (χ4v) is 6.20. The van der Waals surface area contributed by atoms with Gasteiger partial charge < -0.3 is 10.6 Å². The fraction of sp³-hybridized carbons (Fsp3) is 0.944. The lowest BCUT2D eigenvalue weighted by Crippen LogP contribution is -2.51. The van der Waals surface area contributed by atoms with Crippen LogP contribution >= 0.6 is 0 Å². The average molecular weight is 290 g/mol. The molecule has 118 valence electrons. The van der Waals surface area contributed by atoms with Crippen molar-refractivity contribution in [2.24, 2.45) is 28.9 Å². The number of nitrogens with zero attached hydrogens (tertiary/aromatic N) is 1. The van der Waals surface area contributed by atoms with E-state index in [9.17, 15) is 4.79 Å². The molecule has 4 fully saturated rings. The van der Waals surface area contributed by atoms with Crippen LogP contribution in [0.3, 0.4) is 0 Å². The number of fused-ring (bicyclic) bond motifs is 3. The van der Waals surface area contributed by atoms with Crippen molar-refractivity contribution in [3.8, 4) is 0 Å². The van der Waals surface area contributed by atoms with E-state index < -0.39 is 0 Å². The van der Waals surface area contributed by atoms with Gasteiger partial charge in [-0.3, -0.25) is 4.79 Å². The molecule has 1 unspecified atom stereocenters. The first-order valence-electron chi connectivity index (χ1n) is 9.25. The molecule has 3 nitrogen and oxygen atoms in total. The second kappa shape index (κ2) is 5.26. The Kier molecular flexibility index (Phi) is 3.52. The molecule has 2 bridgehead atoms. The summed E-state index contributed by atoms with van der Waals surface area (Å²) in [4.78, 5) is 15.0. The van der Waals surface area contributed by atoms with Gasteiger partial charge in [-0.2, -0.15) is 0 Å². The number of rotatable bonds is 1. The first kappa shape index (κ1) is 14.0. The van der Waals surface area contributed by atoms with Crippen LogP contribution in [-0.4, -0.2) is 29.9 Å². The minimum atomic E-state index is 0.280. The van der Waals surface area contributed by atoms with E-state index in [-0.39, 0.29) is 5.92 Å². The topological polar surface area (TPSA) is 46.3 Å². The Labute approximate surface area is 128 Å². The Balaban J connectivity index is 1.49. The van der Waals surface area contributed by atoms with Crippen LogP contribution in [-0.2, 0) is 4.79 Å². The molecule has 3 saturated carbocycles. The van der Waals surface area contributed by atoms with Gasteiger partial charge in [-0.05, 0) is 75.0 Å². The number of piperidine rings is 1. The Morgan fingerprint density at radius 2 is 1.86 bits per heavy atom. The van der Waals surface area contributed by atoms with Crippen molar-refractivity contribution < 1.29 is 4.79 Å². The van der Waals surface area contributed by atoms with Crippen molar-refractivity contribution in [3.63, 3.8) is 0 Å². The third-order valence-corrected chi connectivity index (χ3v) is 7.30. The Hall–Kier alpha value is -0.570. The zero-order chi connectivity index (χ0) is 14.4. The SMILES string of the molecule is N[C@@H]1C2CC[C@@H](C2)[C@]12CCC[C@H](C(=O)N1CCCCC1)C2. The molecule has 3 heteroatoms. The molecule has 1 heterocycles. The van der Waals surface area contributed by atoms with E-state index in [4.69, 9.17) is 5.73 Å². The van der Waals surface area contributed by atoms with E-state index >= 15 is 0 Å². The molecule has 21 heavy (non-hydrogen) atoms. The van der Waals surface area contributed by atoms with Gasteiger partial charge in [-0.25, -0.2) is 0 Å². The predicted octanol–water partition coefficient (Wildman–Crippen LogP) is 2.93. The average Bonchev–Trinajstić information content (AvgIpc) is 3.11. The molecular weight excluding hydrogens is 260 g/mol. The summed E-state index contributed by atoms with van der Waals surface area (Å²) in [6.07, 6.45) is 12.5. The molecule has 5 atom stereocenters. The Morgan fingerprint density at radius 3 is 2.57 bits per heavy atom. The molecule has 1 aliphatic heterocycles. The van der Waals surface area contributed by atoms with Gasteiger partial charge >= 0.3 is 0 Å². The summed E-state index contributed by atoms with van der Waals surface area (Å²) >= 11 is 0. The molecule has 0 aromatic rings. The molecule has 4 aliphatic rings. The molecule has 3 aliphatic carbocycles. The van der Waals surface area contributed by atoms with Gasteiger partial charge in [0.1, 0.15) is 0 Å². The maximum absolute atomic E-state index is 12.9. The number of hydrogen-bond acceptors (Lipinski definition) is 2. The first-order valence-corrected chi connectivity index (χ1v) is 9.25. The second-order valence-electron chi connectivity index (χ2n) is 8.21. The van der Waals surface area contributed by atoms with Gasteiger partial charge in [0.05, 0.1) is 0 Å². The lowest BCUT2D eigenvalue weighted by molar-refractivity contribution is -0.140. The highest BCUT2D eigenvalue weighted by atomic mass is 16.2. The second-order valence-corrected chi connectivity index (χ2v) is 8.21. The molecular formula is C18H30N2O. The lowest BCUT2D eigenvalue weighted by atomic mass is 9.59. The van der Waals surface area contributed by atoms with Crippen LogP contribution in [0.15, 0.2) is 0 Å². The summed E-state index contributed by atoms with van der Waals surface area (Å²) in [5, 5.41) is 0. The zero-order valence-corrected chi connectivity index (χ0v) is 13.2. The summed E-state index contributed by atoms with van der Waals surface area (Å²) < 4.78 is 0. The van der Waals surface area contributed by atoms with E-state index in [1.807, 2.05) is 0 Å². The highest BCUT2D eigenvalue weighted by molar-refractivity contribution is 5.79. The normalized spacial score (nSPS) is 46.2. The van der Waals surface area contributed by atoms with Crippen LogP contribution in [0, 0.1) is 23.2 Å². The van der Waals surface area contributed by atoms with Crippen LogP contribution in [0.2, 0.25) is 0 Å². The molecule has 1 saturated heterocycles. The number of carbonyl (C=O) groups is 1. The minimum absolute atomic E-state index is 0.280. The van der Waals surface area contributed by atoms with E-state index in [1.165, 1.54) is 51.4 Å². The van der Waals surface area contributed by atoms with Crippen molar-refractivity contribution in [1.82, 2.24) is 4.90 Å². The van der Waals surface area contributed by atoms with Crippen LogP contribution in [0.25, 0.3) is 0 Å². The van der Waals surface area contributed by atoms with Gasteiger partial charge in [0.15, 0.2) is 0 Å². The van der Waals surface area contributed by atoms with E-state index in [2.05, 4.69) is 4.90 Å². The Bertz CT molecular complexity index is 413. The maximum atomic E-state index is 12.9. The molecule has 4 rings (SSSR count). The maximum Gasteiger partial charge on any atom is 0.225 e. The third-order valence-electron chi connectivity index (χ3n) is 7.30. The molecule has 1 spiro atoms. The summed E-state index contributed by atoms with van der Waals surface area (Å²) in [5.41, 5.74) is 6.98. The van der Waals surface area contributed by atoms with E-state index in [0.717, 1.165) is 37.8 Å². The van der Waals surface area contributed by atoms with Gasteiger partial charge in [0, 0.05) is 25.0 Å². The molecule has 2 N–H and O–H groups in total. The minimum Gasteiger partial charge on any atom is -0.342 e. The quantitative estimate of drug-likeness (QED) is 0.807. The third kappa shape index (κ3) is 2.15. The van der Waals surface area contributed by atoms with Gasteiger partial charge in [-0.15, -0.1) is 0 Å². The first-order chi connectivity index (χ1) is 10.2. The van der Waals surface area contributed by atoms with Crippen LogP contribution in [0.4, 0.5) is 0 Å². The van der Waals surface area contributed by atoms with Crippen molar-refractivity contribution >= 4 is 5.91 Å². The van der Waals surface area contributed by atoms with Crippen LogP contribution in [0.5, 0.6) is 0 Å². The van der Waals surface area contributed by atoms with Crippen molar-refractivity contribution in [2.75, 3.05) is 13.1 Å². The molecule has 0 aromatic heterocycles. The lowest BCUT2D eigenvalue weighted by Gasteiger charge is -2.48.